The normalized spacial score (nSPS) is 18.6. The van der Waals surface area contributed by atoms with Crippen LogP contribution >= 0.6 is 0 Å². The molecule has 20 heavy (non-hydrogen) atoms. The van der Waals surface area contributed by atoms with Gasteiger partial charge >= 0.3 is 5.97 Å². The summed E-state index contributed by atoms with van der Waals surface area (Å²) in [6.45, 7) is 0.474. The van der Waals surface area contributed by atoms with E-state index in [2.05, 4.69) is 0 Å². The van der Waals surface area contributed by atoms with Crippen molar-refractivity contribution in [1.29, 1.82) is 0 Å². The third kappa shape index (κ3) is 2.68. The van der Waals surface area contributed by atoms with Gasteiger partial charge in [0.15, 0.2) is 0 Å². The summed E-state index contributed by atoms with van der Waals surface area (Å²) in [5.41, 5.74) is -0.683. The first-order valence-corrected chi connectivity index (χ1v) is 5.94. The Kier molecular flexibility index (Phi) is 3.82. The molecule has 1 aromatic rings. The second-order valence-corrected chi connectivity index (χ2v) is 4.57. The number of nitro benzene ring substituents is 1. The zero-order chi connectivity index (χ0) is 14.9. The molecule has 108 valence electrons. The number of carboxylic acids is 1. The highest BCUT2D eigenvalue weighted by Gasteiger charge is 2.31. The molecule has 0 aromatic heterocycles. The van der Waals surface area contributed by atoms with E-state index in [1.165, 1.54) is 11.0 Å². The fraction of sp³-hybridized carbons (Fsp3) is 0.417. The van der Waals surface area contributed by atoms with Gasteiger partial charge in [-0.2, -0.15) is 0 Å². The Morgan fingerprint density at radius 2 is 2.20 bits per heavy atom. The molecule has 6 nitrogen and oxygen atoms in total. The van der Waals surface area contributed by atoms with Crippen LogP contribution in [0.5, 0.6) is 0 Å². The highest BCUT2D eigenvalue weighted by Crippen LogP contribution is 2.35. The molecule has 1 heterocycles. The van der Waals surface area contributed by atoms with Crippen LogP contribution in [0, 0.1) is 16.0 Å². The number of halogens is 2. The summed E-state index contributed by atoms with van der Waals surface area (Å²) in [7, 11) is 0. The zero-order valence-corrected chi connectivity index (χ0v) is 10.3. The van der Waals surface area contributed by atoms with Gasteiger partial charge in [0.1, 0.15) is 0 Å². The lowest BCUT2D eigenvalue weighted by Gasteiger charge is -2.21. The number of hydrogen-bond donors (Lipinski definition) is 1. The topological polar surface area (TPSA) is 83.7 Å². The molecule has 0 saturated carbocycles. The van der Waals surface area contributed by atoms with E-state index in [-0.39, 0.29) is 12.2 Å². The van der Waals surface area contributed by atoms with Crippen molar-refractivity contribution in [3.63, 3.8) is 0 Å². The molecule has 1 N–H and O–H groups in total. The van der Waals surface area contributed by atoms with E-state index < -0.39 is 34.5 Å². The third-order valence-electron chi connectivity index (χ3n) is 3.34. The molecule has 1 aromatic carbocycles. The molecule has 0 bridgehead atoms. The van der Waals surface area contributed by atoms with Crippen LogP contribution in [0.15, 0.2) is 18.2 Å². The van der Waals surface area contributed by atoms with Crippen molar-refractivity contribution in [3.8, 4) is 0 Å². The Morgan fingerprint density at radius 1 is 1.50 bits per heavy atom. The number of anilines is 1. The van der Waals surface area contributed by atoms with E-state index in [0.29, 0.717) is 13.0 Å². The Bertz CT molecular complexity index is 550. The van der Waals surface area contributed by atoms with Crippen LogP contribution in [0.25, 0.3) is 0 Å². The van der Waals surface area contributed by atoms with Crippen LogP contribution < -0.4 is 4.90 Å². The van der Waals surface area contributed by atoms with Gasteiger partial charge in [0.2, 0.25) is 0 Å². The number of non-ortho nitro benzene ring substituents is 1. The summed E-state index contributed by atoms with van der Waals surface area (Å²) in [6.07, 6.45) is -2.48. The van der Waals surface area contributed by atoms with Crippen molar-refractivity contribution < 1.29 is 23.6 Å². The van der Waals surface area contributed by atoms with Crippen LogP contribution in [0.4, 0.5) is 20.2 Å². The molecule has 0 amide bonds. The lowest BCUT2D eigenvalue weighted by atomic mass is 10.1. The summed E-state index contributed by atoms with van der Waals surface area (Å²) in [5.74, 6) is -1.57. The number of nitro groups is 1. The molecule has 1 aliphatic rings. The fourth-order valence-corrected chi connectivity index (χ4v) is 2.30. The predicted octanol–water partition coefficient (Wildman–Crippen LogP) is 2.44. The molecule has 1 fully saturated rings. The van der Waals surface area contributed by atoms with Crippen molar-refractivity contribution in [2.75, 3.05) is 18.0 Å². The van der Waals surface area contributed by atoms with Crippen LogP contribution in [-0.4, -0.2) is 29.1 Å². The van der Waals surface area contributed by atoms with Crippen LogP contribution in [-0.2, 0) is 4.79 Å². The number of nitrogens with zero attached hydrogens (tertiary/aromatic N) is 2. The van der Waals surface area contributed by atoms with E-state index in [9.17, 15) is 23.7 Å². The van der Waals surface area contributed by atoms with Gasteiger partial charge in [-0.05, 0) is 12.5 Å². The van der Waals surface area contributed by atoms with Gasteiger partial charge < -0.3 is 10.0 Å². The average molecular weight is 286 g/mol. The highest BCUT2D eigenvalue weighted by molar-refractivity contribution is 5.72. The van der Waals surface area contributed by atoms with E-state index in [1.807, 2.05) is 0 Å². The monoisotopic (exact) mass is 286 g/mol. The quantitative estimate of drug-likeness (QED) is 0.679. The molecule has 0 radical (unpaired) electrons. The van der Waals surface area contributed by atoms with Crippen molar-refractivity contribution in [2.24, 2.45) is 5.92 Å². The lowest BCUT2D eigenvalue weighted by Crippen LogP contribution is -2.23. The first-order chi connectivity index (χ1) is 9.40. The number of hydrogen-bond acceptors (Lipinski definition) is 4. The molecule has 1 unspecified atom stereocenters. The van der Waals surface area contributed by atoms with Crippen molar-refractivity contribution in [3.05, 3.63) is 33.9 Å². The summed E-state index contributed by atoms with van der Waals surface area (Å²) in [6, 6.07) is 3.24. The summed E-state index contributed by atoms with van der Waals surface area (Å²) in [5, 5.41) is 19.5. The number of rotatable bonds is 4. The molecule has 1 saturated heterocycles. The molecular weight excluding hydrogens is 274 g/mol. The van der Waals surface area contributed by atoms with Crippen molar-refractivity contribution in [1.82, 2.24) is 0 Å². The summed E-state index contributed by atoms with van der Waals surface area (Å²) in [4.78, 5) is 22.3. The summed E-state index contributed by atoms with van der Waals surface area (Å²) >= 11 is 0. The second kappa shape index (κ2) is 5.40. The molecular formula is C12H12F2N2O4. The maximum Gasteiger partial charge on any atom is 0.308 e. The lowest BCUT2D eigenvalue weighted by molar-refractivity contribution is -0.385. The Hall–Kier alpha value is -2.25. The van der Waals surface area contributed by atoms with Crippen molar-refractivity contribution >= 4 is 17.3 Å². The molecule has 0 spiro atoms. The molecule has 8 heteroatoms. The standard InChI is InChI=1S/C12H12F2N2O4/c13-11(14)9-5-8(16(19)20)1-2-10(9)15-4-3-7(6-15)12(17)18/h1-2,5,7,11H,3-4,6H2,(H,17,18). The largest absolute Gasteiger partial charge is 0.481 e. The number of benzene rings is 1. The van der Waals surface area contributed by atoms with Gasteiger partial charge in [-0.25, -0.2) is 8.78 Å². The fourth-order valence-electron chi connectivity index (χ4n) is 2.30. The van der Waals surface area contributed by atoms with Gasteiger partial charge in [-0.3, -0.25) is 14.9 Å². The second-order valence-electron chi connectivity index (χ2n) is 4.57. The van der Waals surface area contributed by atoms with Gasteiger partial charge in [0.25, 0.3) is 12.1 Å². The number of aliphatic carboxylic acids is 1. The Labute approximate surface area is 112 Å². The molecule has 1 atom stereocenters. The predicted molar refractivity (Wildman–Crippen MR) is 66.0 cm³/mol. The van der Waals surface area contributed by atoms with Gasteiger partial charge in [0, 0.05) is 36.5 Å². The smallest absolute Gasteiger partial charge is 0.308 e. The van der Waals surface area contributed by atoms with Crippen LogP contribution in [0.3, 0.4) is 0 Å². The minimum atomic E-state index is -2.85. The average Bonchev–Trinajstić information content (AvgIpc) is 2.87. The first kappa shape index (κ1) is 14.2. The van der Waals surface area contributed by atoms with E-state index in [1.54, 1.807) is 0 Å². The van der Waals surface area contributed by atoms with Gasteiger partial charge in [-0.1, -0.05) is 0 Å². The van der Waals surface area contributed by atoms with Crippen molar-refractivity contribution in [2.45, 2.75) is 12.8 Å². The Balaban J connectivity index is 2.32. The van der Waals surface area contributed by atoms with E-state index in [4.69, 9.17) is 5.11 Å². The third-order valence-corrected chi connectivity index (χ3v) is 3.34. The SMILES string of the molecule is O=C(O)C1CCN(c2ccc([N+](=O)[O-])cc2C(F)F)C1. The van der Waals surface area contributed by atoms with Crippen LogP contribution in [0.1, 0.15) is 18.4 Å². The highest BCUT2D eigenvalue weighted by atomic mass is 19.3. The van der Waals surface area contributed by atoms with Gasteiger partial charge in [-0.15, -0.1) is 0 Å². The number of carbonyl (C=O) groups is 1. The Morgan fingerprint density at radius 3 is 2.70 bits per heavy atom. The van der Waals surface area contributed by atoms with E-state index >= 15 is 0 Å². The molecule has 2 rings (SSSR count). The molecule has 1 aliphatic heterocycles. The summed E-state index contributed by atoms with van der Waals surface area (Å²) < 4.78 is 26.0. The molecule has 0 aliphatic carbocycles. The zero-order valence-electron chi connectivity index (χ0n) is 10.3. The minimum Gasteiger partial charge on any atom is -0.481 e. The maximum absolute atomic E-state index is 13.0. The number of alkyl halides is 2. The van der Waals surface area contributed by atoms with Crippen LogP contribution in [0.2, 0.25) is 0 Å². The first-order valence-electron chi connectivity index (χ1n) is 5.94. The van der Waals surface area contributed by atoms with Gasteiger partial charge in [0.05, 0.1) is 10.8 Å². The minimum absolute atomic E-state index is 0.132. The number of carboxylic acid groups (broad SMARTS) is 1. The maximum atomic E-state index is 13.0. The van der Waals surface area contributed by atoms with E-state index in [0.717, 1.165) is 12.1 Å².